The largest absolute Gasteiger partial charge is 0.342 e. The third-order valence-corrected chi connectivity index (χ3v) is 4.68. The van der Waals surface area contributed by atoms with Gasteiger partial charge < -0.3 is 10.6 Å². The Morgan fingerprint density at radius 2 is 2.00 bits per heavy atom. The molecule has 0 aromatic heterocycles. The summed E-state index contributed by atoms with van der Waals surface area (Å²) in [5.74, 6) is 0.819. The number of hydrogen-bond acceptors (Lipinski definition) is 2. The maximum Gasteiger partial charge on any atom is 0.222 e. The lowest BCUT2D eigenvalue weighted by Crippen LogP contribution is -2.34. The van der Waals surface area contributed by atoms with Crippen LogP contribution in [0, 0.1) is 5.41 Å². The van der Waals surface area contributed by atoms with Crippen molar-refractivity contribution in [3.8, 4) is 0 Å². The van der Waals surface area contributed by atoms with E-state index in [0.717, 1.165) is 25.9 Å². The maximum absolute atomic E-state index is 12.3. The fraction of sp³-hybridized carbons (Fsp3) is 0.611. The number of likely N-dealkylation sites (tertiary alicyclic amines) is 1. The van der Waals surface area contributed by atoms with E-state index in [9.17, 15) is 4.79 Å². The van der Waals surface area contributed by atoms with E-state index in [1.807, 2.05) is 4.90 Å². The van der Waals surface area contributed by atoms with Crippen molar-refractivity contribution in [1.29, 1.82) is 0 Å². The minimum Gasteiger partial charge on any atom is -0.342 e. The van der Waals surface area contributed by atoms with Gasteiger partial charge in [0, 0.05) is 19.5 Å². The van der Waals surface area contributed by atoms with E-state index >= 15 is 0 Å². The molecule has 1 aromatic carbocycles. The summed E-state index contributed by atoms with van der Waals surface area (Å²) in [5.41, 5.74) is 8.51. The first-order chi connectivity index (χ1) is 9.93. The van der Waals surface area contributed by atoms with Crippen molar-refractivity contribution >= 4 is 5.91 Å². The molecule has 1 fully saturated rings. The number of rotatable bonds is 5. The summed E-state index contributed by atoms with van der Waals surface area (Å²) < 4.78 is 0. The lowest BCUT2D eigenvalue weighted by Gasteiger charge is -2.22. The minimum atomic E-state index is 0.120. The maximum atomic E-state index is 12.3. The SMILES string of the molecule is CC(C)c1ccc(CCC(=O)N2CCC(C)(CN)C2)cc1. The Hall–Kier alpha value is -1.35. The van der Waals surface area contributed by atoms with Gasteiger partial charge >= 0.3 is 0 Å². The molecule has 3 heteroatoms. The third-order valence-electron chi connectivity index (χ3n) is 4.68. The highest BCUT2D eigenvalue weighted by molar-refractivity contribution is 5.76. The van der Waals surface area contributed by atoms with Crippen molar-refractivity contribution < 1.29 is 4.79 Å². The second kappa shape index (κ2) is 6.61. The van der Waals surface area contributed by atoms with E-state index < -0.39 is 0 Å². The van der Waals surface area contributed by atoms with Gasteiger partial charge in [-0.2, -0.15) is 0 Å². The van der Waals surface area contributed by atoms with Crippen LogP contribution in [0.3, 0.4) is 0 Å². The number of hydrogen-bond donors (Lipinski definition) is 1. The van der Waals surface area contributed by atoms with Gasteiger partial charge in [0.25, 0.3) is 0 Å². The molecule has 1 aliphatic rings. The molecule has 1 aliphatic heterocycles. The predicted octanol–water partition coefficient (Wildman–Crippen LogP) is 2.94. The summed E-state index contributed by atoms with van der Waals surface area (Å²) >= 11 is 0. The van der Waals surface area contributed by atoms with Crippen LogP contribution in [0.4, 0.5) is 0 Å². The van der Waals surface area contributed by atoms with E-state index in [1.165, 1.54) is 11.1 Å². The topological polar surface area (TPSA) is 46.3 Å². The zero-order valence-electron chi connectivity index (χ0n) is 13.6. The highest BCUT2D eigenvalue weighted by Gasteiger charge is 2.34. The molecule has 2 N–H and O–H groups in total. The van der Waals surface area contributed by atoms with Crippen LogP contribution in [-0.4, -0.2) is 30.4 Å². The van der Waals surface area contributed by atoms with Crippen LogP contribution in [0.15, 0.2) is 24.3 Å². The molecule has 1 unspecified atom stereocenters. The van der Waals surface area contributed by atoms with Crippen LogP contribution in [-0.2, 0) is 11.2 Å². The Morgan fingerprint density at radius 3 is 2.52 bits per heavy atom. The first-order valence-corrected chi connectivity index (χ1v) is 8.00. The molecule has 0 aliphatic carbocycles. The molecule has 1 atom stereocenters. The molecule has 0 bridgehead atoms. The zero-order chi connectivity index (χ0) is 15.5. The number of carbonyl (C=O) groups is 1. The second-order valence-electron chi connectivity index (χ2n) is 6.98. The van der Waals surface area contributed by atoms with Gasteiger partial charge in [-0.3, -0.25) is 4.79 Å². The Bertz CT molecular complexity index is 480. The fourth-order valence-corrected chi connectivity index (χ4v) is 2.88. The molecule has 116 valence electrons. The summed E-state index contributed by atoms with van der Waals surface area (Å²) in [7, 11) is 0. The van der Waals surface area contributed by atoms with Crippen LogP contribution >= 0.6 is 0 Å². The van der Waals surface area contributed by atoms with Crippen molar-refractivity contribution in [3.05, 3.63) is 35.4 Å². The van der Waals surface area contributed by atoms with Crippen LogP contribution < -0.4 is 5.73 Å². The highest BCUT2D eigenvalue weighted by atomic mass is 16.2. The quantitative estimate of drug-likeness (QED) is 0.905. The second-order valence-corrected chi connectivity index (χ2v) is 6.98. The summed E-state index contributed by atoms with van der Waals surface area (Å²) in [6.45, 7) is 8.90. The molecule has 3 nitrogen and oxygen atoms in total. The Kier molecular flexibility index (Phi) is 5.04. The number of amides is 1. The number of aryl methyl sites for hydroxylation is 1. The molecule has 2 rings (SSSR count). The van der Waals surface area contributed by atoms with Crippen molar-refractivity contribution in [2.75, 3.05) is 19.6 Å². The summed E-state index contributed by atoms with van der Waals surface area (Å²) in [6, 6.07) is 8.64. The van der Waals surface area contributed by atoms with Gasteiger partial charge in [-0.25, -0.2) is 0 Å². The molecule has 0 saturated carbocycles. The van der Waals surface area contributed by atoms with Gasteiger partial charge in [-0.1, -0.05) is 45.0 Å². The Labute approximate surface area is 128 Å². The van der Waals surface area contributed by atoms with Gasteiger partial charge in [-0.05, 0) is 41.8 Å². The number of carbonyl (C=O) groups excluding carboxylic acids is 1. The van der Waals surface area contributed by atoms with Crippen molar-refractivity contribution in [1.82, 2.24) is 4.90 Å². The molecule has 1 amide bonds. The lowest BCUT2D eigenvalue weighted by atomic mass is 9.90. The van der Waals surface area contributed by atoms with E-state index in [2.05, 4.69) is 45.0 Å². The molecule has 21 heavy (non-hydrogen) atoms. The monoisotopic (exact) mass is 288 g/mol. The lowest BCUT2D eigenvalue weighted by molar-refractivity contribution is -0.130. The molecular formula is C18H28N2O. The van der Waals surface area contributed by atoms with Gasteiger partial charge in [0.2, 0.25) is 5.91 Å². The number of benzene rings is 1. The zero-order valence-corrected chi connectivity index (χ0v) is 13.6. The van der Waals surface area contributed by atoms with Crippen molar-refractivity contribution in [2.45, 2.75) is 46.0 Å². The molecule has 1 aromatic rings. The van der Waals surface area contributed by atoms with Crippen LogP contribution in [0.5, 0.6) is 0 Å². The first-order valence-electron chi connectivity index (χ1n) is 8.00. The van der Waals surface area contributed by atoms with Gasteiger partial charge in [0.1, 0.15) is 0 Å². The van der Waals surface area contributed by atoms with Crippen LogP contribution in [0.2, 0.25) is 0 Å². The van der Waals surface area contributed by atoms with Crippen molar-refractivity contribution in [3.63, 3.8) is 0 Å². The summed E-state index contributed by atoms with van der Waals surface area (Å²) in [6.07, 6.45) is 2.45. The average Bonchev–Trinajstić information content (AvgIpc) is 2.88. The molecule has 1 heterocycles. The predicted molar refractivity (Wildman–Crippen MR) is 87.2 cm³/mol. The summed E-state index contributed by atoms with van der Waals surface area (Å²) in [4.78, 5) is 14.3. The molecule has 0 spiro atoms. The van der Waals surface area contributed by atoms with Gasteiger partial charge in [-0.15, -0.1) is 0 Å². The van der Waals surface area contributed by atoms with E-state index in [-0.39, 0.29) is 11.3 Å². The van der Waals surface area contributed by atoms with Crippen LogP contribution in [0.25, 0.3) is 0 Å². The molecule has 0 radical (unpaired) electrons. The highest BCUT2D eigenvalue weighted by Crippen LogP contribution is 2.29. The van der Waals surface area contributed by atoms with Crippen molar-refractivity contribution in [2.24, 2.45) is 11.1 Å². The molecular weight excluding hydrogens is 260 g/mol. The summed E-state index contributed by atoms with van der Waals surface area (Å²) in [5, 5.41) is 0. The van der Waals surface area contributed by atoms with Gasteiger partial charge in [0.05, 0.1) is 0 Å². The minimum absolute atomic E-state index is 0.120. The fourth-order valence-electron chi connectivity index (χ4n) is 2.88. The first kappa shape index (κ1) is 16.0. The van der Waals surface area contributed by atoms with E-state index in [1.54, 1.807) is 0 Å². The van der Waals surface area contributed by atoms with E-state index in [0.29, 0.717) is 18.9 Å². The average molecular weight is 288 g/mol. The Morgan fingerprint density at radius 1 is 1.33 bits per heavy atom. The number of nitrogens with two attached hydrogens (primary N) is 1. The Balaban J connectivity index is 1.84. The normalized spacial score (nSPS) is 22.0. The van der Waals surface area contributed by atoms with Crippen LogP contribution in [0.1, 0.15) is 50.7 Å². The third kappa shape index (κ3) is 4.07. The number of nitrogens with zero attached hydrogens (tertiary/aromatic N) is 1. The van der Waals surface area contributed by atoms with Gasteiger partial charge in [0.15, 0.2) is 0 Å². The smallest absolute Gasteiger partial charge is 0.222 e. The standard InChI is InChI=1S/C18H28N2O/c1-14(2)16-7-4-15(5-8-16)6-9-17(21)20-11-10-18(3,12-19)13-20/h4-5,7-8,14H,6,9-13,19H2,1-3H3. The van der Waals surface area contributed by atoms with E-state index in [4.69, 9.17) is 5.73 Å². The molecule has 1 saturated heterocycles.